The SMILES string of the molecule is NCCc1cc(Br)ccc1OCc1cccc(F)c1Cl. The number of nitrogens with two attached hydrogens (primary N) is 1. The van der Waals surface area contributed by atoms with Gasteiger partial charge in [-0.05, 0) is 42.8 Å². The maximum absolute atomic E-state index is 13.3. The first-order valence-electron chi connectivity index (χ1n) is 6.16. The molecule has 0 unspecified atom stereocenters. The van der Waals surface area contributed by atoms with Crippen LogP contribution in [-0.2, 0) is 13.0 Å². The van der Waals surface area contributed by atoms with Crippen LogP contribution in [0.5, 0.6) is 5.75 Å². The molecule has 0 saturated heterocycles. The van der Waals surface area contributed by atoms with E-state index in [2.05, 4.69) is 15.9 Å². The first kappa shape index (κ1) is 15.3. The normalized spacial score (nSPS) is 10.6. The van der Waals surface area contributed by atoms with Gasteiger partial charge in [-0.1, -0.05) is 39.7 Å². The first-order chi connectivity index (χ1) is 9.61. The molecule has 2 aromatic carbocycles. The molecular formula is C15H14BrClFNO. The highest BCUT2D eigenvalue weighted by Crippen LogP contribution is 2.26. The third kappa shape index (κ3) is 3.72. The second-order valence-corrected chi connectivity index (χ2v) is 5.59. The largest absolute Gasteiger partial charge is 0.489 e. The average Bonchev–Trinajstić information content (AvgIpc) is 2.42. The zero-order valence-electron chi connectivity index (χ0n) is 10.7. The lowest BCUT2D eigenvalue weighted by molar-refractivity contribution is 0.302. The fourth-order valence-corrected chi connectivity index (χ4v) is 2.44. The van der Waals surface area contributed by atoms with Crippen molar-refractivity contribution >= 4 is 27.5 Å². The lowest BCUT2D eigenvalue weighted by Gasteiger charge is -2.12. The van der Waals surface area contributed by atoms with Crippen molar-refractivity contribution in [1.29, 1.82) is 0 Å². The van der Waals surface area contributed by atoms with Crippen LogP contribution in [0.3, 0.4) is 0 Å². The Hall–Kier alpha value is -1.10. The molecule has 0 saturated carbocycles. The van der Waals surface area contributed by atoms with Gasteiger partial charge in [0.25, 0.3) is 0 Å². The predicted molar refractivity (Wildman–Crippen MR) is 82.6 cm³/mol. The minimum Gasteiger partial charge on any atom is -0.489 e. The van der Waals surface area contributed by atoms with E-state index in [0.29, 0.717) is 18.5 Å². The number of halogens is 3. The Kier molecular flexibility index (Phi) is 5.40. The molecule has 2 aromatic rings. The highest BCUT2D eigenvalue weighted by molar-refractivity contribution is 9.10. The van der Waals surface area contributed by atoms with Gasteiger partial charge >= 0.3 is 0 Å². The quantitative estimate of drug-likeness (QED) is 0.864. The summed E-state index contributed by atoms with van der Waals surface area (Å²) in [6.07, 6.45) is 0.714. The highest BCUT2D eigenvalue weighted by Gasteiger charge is 2.08. The van der Waals surface area contributed by atoms with Crippen molar-refractivity contribution in [2.24, 2.45) is 5.73 Å². The van der Waals surface area contributed by atoms with E-state index in [-0.39, 0.29) is 11.6 Å². The lowest BCUT2D eigenvalue weighted by atomic mass is 10.1. The summed E-state index contributed by atoms with van der Waals surface area (Å²) in [7, 11) is 0. The van der Waals surface area contributed by atoms with Crippen molar-refractivity contribution in [2.75, 3.05) is 6.54 Å². The van der Waals surface area contributed by atoms with Gasteiger partial charge in [-0.25, -0.2) is 4.39 Å². The fourth-order valence-electron chi connectivity index (χ4n) is 1.86. The molecule has 0 fully saturated rings. The second kappa shape index (κ2) is 7.07. The van der Waals surface area contributed by atoms with Crippen molar-refractivity contribution in [1.82, 2.24) is 0 Å². The molecule has 0 aromatic heterocycles. The summed E-state index contributed by atoms with van der Waals surface area (Å²) in [5.41, 5.74) is 7.22. The molecule has 2 N–H and O–H groups in total. The number of rotatable bonds is 5. The molecule has 2 nitrogen and oxygen atoms in total. The van der Waals surface area contributed by atoms with Gasteiger partial charge in [0.1, 0.15) is 18.2 Å². The molecular weight excluding hydrogens is 345 g/mol. The van der Waals surface area contributed by atoms with E-state index in [4.69, 9.17) is 22.1 Å². The van der Waals surface area contributed by atoms with Crippen LogP contribution in [0, 0.1) is 5.82 Å². The first-order valence-corrected chi connectivity index (χ1v) is 7.33. The van der Waals surface area contributed by atoms with E-state index >= 15 is 0 Å². The molecule has 0 bridgehead atoms. The number of hydrogen-bond acceptors (Lipinski definition) is 2. The summed E-state index contributed by atoms with van der Waals surface area (Å²) < 4.78 is 20.1. The van der Waals surface area contributed by atoms with Crippen LogP contribution in [0.15, 0.2) is 40.9 Å². The van der Waals surface area contributed by atoms with Gasteiger partial charge in [-0.3, -0.25) is 0 Å². The molecule has 0 heterocycles. The molecule has 0 amide bonds. The van der Waals surface area contributed by atoms with Gasteiger partial charge in [0.15, 0.2) is 0 Å². The monoisotopic (exact) mass is 357 g/mol. The van der Waals surface area contributed by atoms with Crippen molar-refractivity contribution < 1.29 is 9.13 Å². The minimum absolute atomic E-state index is 0.102. The Morgan fingerprint density at radius 2 is 2.00 bits per heavy atom. The molecule has 106 valence electrons. The third-order valence-electron chi connectivity index (χ3n) is 2.85. The minimum atomic E-state index is -0.439. The van der Waals surface area contributed by atoms with Crippen LogP contribution in [0.25, 0.3) is 0 Å². The van der Waals surface area contributed by atoms with E-state index in [1.54, 1.807) is 12.1 Å². The van der Waals surface area contributed by atoms with Crippen molar-refractivity contribution in [3.8, 4) is 5.75 Å². The van der Waals surface area contributed by atoms with Gasteiger partial charge in [0.05, 0.1) is 5.02 Å². The molecule has 0 aliphatic carbocycles. The van der Waals surface area contributed by atoms with Gasteiger partial charge in [0.2, 0.25) is 0 Å². The number of ether oxygens (including phenoxy) is 1. The van der Waals surface area contributed by atoms with Crippen molar-refractivity contribution in [3.63, 3.8) is 0 Å². The Balaban J connectivity index is 2.16. The Morgan fingerprint density at radius 3 is 2.75 bits per heavy atom. The second-order valence-electron chi connectivity index (χ2n) is 4.29. The van der Waals surface area contributed by atoms with Gasteiger partial charge < -0.3 is 10.5 Å². The lowest BCUT2D eigenvalue weighted by Crippen LogP contribution is -2.06. The van der Waals surface area contributed by atoms with E-state index in [1.807, 2.05) is 18.2 Å². The predicted octanol–water partition coefficient (Wildman–Crippen LogP) is 4.32. The molecule has 0 spiro atoms. The van der Waals surface area contributed by atoms with Crippen LogP contribution in [0.4, 0.5) is 4.39 Å². The molecule has 0 radical (unpaired) electrons. The van der Waals surface area contributed by atoms with Crippen molar-refractivity contribution in [2.45, 2.75) is 13.0 Å². The van der Waals surface area contributed by atoms with Gasteiger partial charge in [-0.2, -0.15) is 0 Å². The maximum Gasteiger partial charge on any atom is 0.142 e. The van der Waals surface area contributed by atoms with E-state index < -0.39 is 5.82 Å². The van der Waals surface area contributed by atoms with Gasteiger partial charge in [-0.15, -0.1) is 0 Å². The molecule has 5 heteroatoms. The highest BCUT2D eigenvalue weighted by atomic mass is 79.9. The average molecular weight is 359 g/mol. The molecule has 0 aliphatic heterocycles. The molecule has 0 aliphatic rings. The fraction of sp³-hybridized carbons (Fsp3) is 0.200. The van der Waals surface area contributed by atoms with Crippen molar-refractivity contribution in [3.05, 3.63) is 62.8 Å². The Bertz CT molecular complexity index is 606. The third-order valence-corrected chi connectivity index (χ3v) is 3.77. The summed E-state index contributed by atoms with van der Waals surface area (Å²) >= 11 is 9.32. The molecule has 20 heavy (non-hydrogen) atoms. The molecule has 2 rings (SSSR count). The summed E-state index contributed by atoms with van der Waals surface area (Å²) in [5.74, 6) is 0.296. The topological polar surface area (TPSA) is 35.2 Å². The zero-order valence-corrected chi connectivity index (χ0v) is 13.0. The number of benzene rings is 2. The smallest absolute Gasteiger partial charge is 0.142 e. The Morgan fingerprint density at radius 1 is 1.20 bits per heavy atom. The summed E-state index contributed by atoms with van der Waals surface area (Å²) in [4.78, 5) is 0. The van der Waals surface area contributed by atoms with Crippen LogP contribution >= 0.6 is 27.5 Å². The van der Waals surface area contributed by atoms with Gasteiger partial charge in [0, 0.05) is 10.0 Å². The van der Waals surface area contributed by atoms with E-state index in [9.17, 15) is 4.39 Å². The standard InChI is InChI=1S/C15H14BrClFNO/c16-12-4-5-14(10(8-12)6-7-19)20-9-11-2-1-3-13(18)15(11)17/h1-5,8H,6-7,9,19H2. The van der Waals surface area contributed by atoms with E-state index in [0.717, 1.165) is 15.8 Å². The maximum atomic E-state index is 13.3. The van der Waals surface area contributed by atoms with Crippen LogP contribution in [-0.4, -0.2) is 6.54 Å². The Labute approximate surface area is 130 Å². The summed E-state index contributed by atoms with van der Waals surface area (Å²) in [5, 5.41) is 0.102. The molecule has 0 atom stereocenters. The van der Waals surface area contributed by atoms with Crippen LogP contribution in [0.2, 0.25) is 5.02 Å². The summed E-state index contributed by atoms with van der Waals surface area (Å²) in [6, 6.07) is 10.4. The number of hydrogen-bond donors (Lipinski definition) is 1. The van der Waals surface area contributed by atoms with Crippen LogP contribution in [0.1, 0.15) is 11.1 Å². The van der Waals surface area contributed by atoms with Crippen LogP contribution < -0.4 is 10.5 Å². The zero-order chi connectivity index (χ0) is 14.5. The van der Waals surface area contributed by atoms with E-state index in [1.165, 1.54) is 6.07 Å². The summed E-state index contributed by atoms with van der Waals surface area (Å²) in [6.45, 7) is 0.753.